The molecule has 1 amide bonds. The summed E-state index contributed by atoms with van der Waals surface area (Å²) in [5, 5.41) is 12.5. The number of rotatable bonds is 4. The van der Waals surface area contributed by atoms with Gasteiger partial charge < -0.3 is 10.4 Å². The van der Waals surface area contributed by atoms with Gasteiger partial charge in [-0.05, 0) is 52.6 Å². The van der Waals surface area contributed by atoms with Crippen molar-refractivity contribution >= 4 is 28.5 Å². The first kappa shape index (κ1) is 14.3. The summed E-state index contributed by atoms with van der Waals surface area (Å²) in [4.78, 5) is 11.9. The first-order chi connectivity index (χ1) is 7.91. The van der Waals surface area contributed by atoms with E-state index in [-0.39, 0.29) is 11.7 Å². The molecule has 94 valence electrons. The van der Waals surface area contributed by atoms with Crippen molar-refractivity contribution in [3.05, 3.63) is 27.3 Å². The minimum Gasteiger partial charge on any atom is -0.507 e. The van der Waals surface area contributed by atoms with Gasteiger partial charge in [0.15, 0.2) is 0 Å². The van der Waals surface area contributed by atoms with Gasteiger partial charge in [-0.25, -0.2) is 0 Å². The van der Waals surface area contributed by atoms with Crippen LogP contribution in [0.5, 0.6) is 5.75 Å². The summed E-state index contributed by atoms with van der Waals surface area (Å²) in [5.41, 5.74) is 0.341. The number of carbonyl (C=O) groups is 1. The lowest BCUT2D eigenvalue weighted by molar-refractivity contribution is 0.0942. The van der Waals surface area contributed by atoms with Gasteiger partial charge in [0.2, 0.25) is 0 Å². The van der Waals surface area contributed by atoms with Crippen LogP contribution in [0.4, 0.5) is 0 Å². The molecule has 2 N–H and O–H groups in total. The van der Waals surface area contributed by atoms with Crippen LogP contribution in [0.15, 0.2) is 18.2 Å². The summed E-state index contributed by atoms with van der Waals surface area (Å²) in [7, 11) is 0. The van der Waals surface area contributed by atoms with Crippen molar-refractivity contribution in [2.75, 3.05) is 6.54 Å². The maximum Gasteiger partial charge on any atom is 0.255 e. The molecule has 0 fully saturated rings. The molecule has 17 heavy (non-hydrogen) atoms. The first-order valence-corrected chi connectivity index (χ1v) is 6.76. The van der Waals surface area contributed by atoms with Crippen LogP contribution in [-0.4, -0.2) is 17.6 Å². The standard InChI is InChI=1S/C13H18INO2/c1-8(2)9(3)7-15-13(17)11-6-10(14)4-5-12(11)16/h4-6,8-9,16H,7H2,1-3H3,(H,15,17). The fourth-order valence-corrected chi connectivity index (χ4v) is 1.77. The van der Waals surface area contributed by atoms with Crippen LogP contribution in [0, 0.1) is 15.4 Å². The molecule has 0 heterocycles. The lowest BCUT2D eigenvalue weighted by atomic mass is 9.98. The van der Waals surface area contributed by atoms with Crippen molar-refractivity contribution < 1.29 is 9.90 Å². The first-order valence-electron chi connectivity index (χ1n) is 5.68. The van der Waals surface area contributed by atoms with Crippen LogP contribution in [0.2, 0.25) is 0 Å². The Kier molecular flexibility index (Phi) is 5.24. The number of carbonyl (C=O) groups excluding carboxylic acids is 1. The van der Waals surface area contributed by atoms with Crippen LogP contribution in [0.25, 0.3) is 0 Å². The normalized spacial score (nSPS) is 12.5. The van der Waals surface area contributed by atoms with Gasteiger partial charge in [0.05, 0.1) is 5.56 Å². The number of nitrogens with one attached hydrogen (secondary N) is 1. The molecule has 1 atom stereocenters. The molecule has 1 rings (SSSR count). The Morgan fingerprint density at radius 2 is 2.06 bits per heavy atom. The van der Waals surface area contributed by atoms with Gasteiger partial charge in [0.1, 0.15) is 5.75 Å². The van der Waals surface area contributed by atoms with Crippen molar-refractivity contribution in [3.8, 4) is 5.75 Å². The number of hydrogen-bond acceptors (Lipinski definition) is 2. The van der Waals surface area contributed by atoms with Crippen LogP contribution in [-0.2, 0) is 0 Å². The Morgan fingerprint density at radius 3 is 2.65 bits per heavy atom. The highest BCUT2D eigenvalue weighted by molar-refractivity contribution is 14.1. The summed E-state index contributed by atoms with van der Waals surface area (Å²) in [5.74, 6) is 0.761. The lowest BCUT2D eigenvalue weighted by Crippen LogP contribution is -2.30. The number of hydrogen-bond donors (Lipinski definition) is 2. The second-order valence-corrected chi connectivity index (χ2v) is 5.84. The van der Waals surface area contributed by atoms with Gasteiger partial charge in [-0.15, -0.1) is 0 Å². The largest absolute Gasteiger partial charge is 0.507 e. The van der Waals surface area contributed by atoms with Gasteiger partial charge in [-0.3, -0.25) is 4.79 Å². The van der Waals surface area contributed by atoms with Crippen molar-refractivity contribution in [1.29, 1.82) is 0 Å². The van der Waals surface area contributed by atoms with E-state index in [9.17, 15) is 9.90 Å². The molecule has 0 aromatic heterocycles. The van der Waals surface area contributed by atoms with E-state index in [1.807, 2.05) is 0 Å². The molecule has 0 saturated heterocycles. The maximum atomic E-state index is 11.9. The Balaban J connectivity index is 2.67. The highest BCUT2D eigenvalue weighted by Gasteiger charge is 2.13. The third-order valence-electron chi connectivity index (χ3n) is 2.93. The minimum atomic E-state index is -0.214. The Morgan fingerprint density at radius 1 is 1.41 bits per heavy atom. The maximum absolute atomic E-state index is 11.9. The second-order valence-electron chi connectivity index (χ2n) is 4.59. The number of halogens is 1. The topological polar surface area (TPSA) is 49.3 Å². The van der Waals surface area contributed by atoms with Crippen LogP contribution < -0.4 is 5.32 Å². The van der Waals surface area contributed by atoms with E-state index in [4.69, 9.17) is 0 Å². The van der Waals surface area contributed by atoms with Gasteiger partial charge in [-0.1, -0.05) is 20.8 Å². The zero-order valence-electron chi connectivity index (χ0n) is 10.3. The molecule has 1 aromatic rings. The van der Waals surface area contributed by atoms with Crippen molar-refractivity contribution in [1.82, 2.24) is 5.32 Å². The summed E-state index contributed by atoms with van der Waals surface area (Å²) >= 11 is 2.12. The molecule has 4 heteroatoms. The highest BCUT2D eigenvalue weighted by atomic mass is 127. The fraction of sp³-hybridized carbons (Fsp3) is 0.462. The Bertz CT molecular complexity index is 404. The quantitative estimate of drug-likeness (QED) is 0.823. The van der Waals surface area contributed by atoms with E-state index in [1.54, 1.807) is 18.2 Å². The summed E-state index contributed by atoms with van der Waals surface area (Å²) in [6.07, 6.45) is 0. The summed E-state index contributed by atoms with van der Waals surface area (Å²) in [6, 6.07) is 5.00. The average Bonchev–Trinajstić information content (AvgIpc) is 2.28. The smallest absolute Gasteiger partial charge is 0.255 e. The Labute approximate surface area is 116 Å². The lowest BCUT2D eigenvalue weighted by Gasteiger charge is -2.16. The molecule has 0 bridgehead atoms. The van der Waals surface area contributed by atoms with Gasteiger partial charge in [-0.2, -0.15) is 0 Å². The molecule has 1 unspecified atom stereocenters. The van der Waals surface area contributed by atoms with E-state index >= 15 is 0 Å². The van der Waals surface area contributed by atoms with Crippen molar-refractivity contribution in [3.63, 3.8) is 0 Å². The predicted octanol–water partition coefficient (Wildman–Crippen LogP) is 3.02. The third-order valence-corrected chi connectivity index (χ3v) is 3.60. The van der Waals surface area contributed by atoms with E-state index in [2.05, 4.69) is 48.7 Å². The summed E-state index contributed by atoms with van der Waals surface area (Å²) < 4.78 is 0.933. The number of phenols is 1. The molecular weight excluding hydrogens is 329 g/mol. The average molecular weight is 347 g/mol. The molecular formula is C13H18INO2. The van der Waals surface area contributed by atoms with Crippen LogP contribution in [0.1, 0.15) is 31.1 Å². The Hall–Kier alpha value is -0.780. The van der Waals surface area contributed by atoms with E-state index < -0.39 is 0 Å². The van der Waals surface area contributed by atoms with Gasteiger partial charge in [0.25, 0.3) is 5.91 Å². The number of benzene rings is 1. The third kappa shape index (κ3) is 4.18. The second kappa shape index (κ2) is 6.23. The molecule has 1 aromatic carbocycles. The number of aromatic hydroxyl groups is 1. The highest BCUT2D eigenvalue weighted by Crippen LogP contribution is 2.19. The molecule has 3 nitrogen and oxygen atoms in total. The van der Waals surface area contributed by atoms with Crippen LogP contribution in [0.3, 0.4) is 0 Å². The molecule has 0 radical (unpaired) electrons. The summed E-state index contributed by atoms with van der Waals surface area (Å²) in [6.45, 7) is 6.97. The van der Waals surface area contributed by atoms with Gasteiger partial charge in [0, 0.05) is 10.1 Å². The van der Waals surface area contributed by atoms with Crippen molar-refractivity contribution in [2.45, 2.75) is 20.8 Å². The molecule has 0 aliphatic rings. The number of amides is 1. The molecule has 0 spiro atoms. The van der Waals surface area contributed by atoms with Crippen LogP contribution >= 0.6 is 22.6 Å². The predicted molar refractivity (Wildman–Crippen MR) is 77.2 cm³/mol. The number of phenolic OH excluding ortho intramolecular Hbond substituents is 1. The van der Waals surface area contributed by atoms with E-state index in [0.717, 1.165) is 3.57 Å². The minimum absolute atomic E-state index is 0.0279. The molecule has 0 aliphatic carbocycles. The van der Waals surface area contributed by atoms with Crippen molar-refractivity contribution in [2.24, 2.45) is 11.8 Å². The van der Waals surface area contributed by atoms with E-state index in [1.165, 1.54) is 0 Å². The zero-order chi connectivity index (χ0) is 13.0. The SMILES string of the molecule is CC(C)C(C)CNC(=O)c1cc(I)ccc1O. The van der Waals surface area contributed by atoms with Gasteiger partial charge >= 0.3 is 0 Å². The van der Waals surface area contributed by atoms with E-state index in [0.29, 0.717) is 23.9 Å². The molecule has 0 aliphatic heterocycles. The monoisotopic (exact) mass is 347 g/mol. The zero-order valence-corrected chi connectivity index (χ0v) is 12.5. The molecule has 0 saturated carbocycles. The fourth-order valence-electron chi connectivity index (χ4n) is 1.27.